The van der Waals surface area contributed by atoms with E-state index in [-0.39, 0.29) is 16.6 Å². The van der Waals surface area contributed by atoms with Crippen LogP contribution in [-0.4, -0.2) is 0 Å². The quantitative estimate of drug-likeness (QED) is 0.404. The lowest BCUT2D eigenvalue weighted by Crippen LogP contribution is -2.11. The highest BCUT2D eigenvalue weighted by Crippen LogP contribution is 2.34. The van der Waals surface area contributed by atoms with Gasteiger partial charge in [0.05, 0.1) is 0 Å². The van der Waals surface area contributed by atoms with Crippen LogP contribution in [0, 0.1) is 5.82 Å². The van der Waals surface area contributed by atoms with Crippen LogP contribution in [0.2, 0.25) is 0 Å². The summed E-state index contributed by atoms with van der Waals surface area (Å²) in [5.41, 5.74) is 2.48. The topological polar surface area (TPSA) is 0 Å². The van der Waals surface area contributed by atoms with E-state index in [1.54, 1.807) is 6.07 Å². The fourth-order valence-electron chi connectivity index (χ4n) is 3.05. The molecule has 1 heteroatoms. The Kier molecular flexibility index (Phi) is 3.51. The third kappa shape index (κ3) is 2.85. The van der Waals surface area contributed by atoms with Crippen LogP contribution in [0.5, 0.6) is 0 Å². The van der Waals surface area contributed by atoms with E-state index >= 15 is 0 Å². The van der Waals surface area contributed by atoms with Crippen molar-refractivity contribution in [1.29, 1.82) is 0 Å². The molecule has 120 valence electrons. The first kappa shape index (κ1) is 16.0. The Balaban J connectivity index is 2.32. The Labute approximate surface area is 138 Å². The van der Waals surface area contributed by atoms with Crippen LogP contribution < -0.4 is 0 Å². The van der Waals surface area contributed by atoms with Gasteiger partial charge in [-0.05, 0) is 50.2 Å². The Morgan fingerprint density at radius 2 is 1.13 bits per heavy atom. The number of benzene rings is 3. The first-order chi connectivity index (χ1) is 10.6. The van der Waals surface area contributed by atoms with E-state index in [9.17, 15) is 4.39 Å². The van der Waals surface area contributed by atoms with Gasteiger partial charge in [0.2, 0.25) is 0 Å². The van der Waals surface area contributed by atoms with Crippen molar-refractivity contribution in [3.63, 3.8) is 0 Å². The minimum absolute atomic E-state index is 0.0195. The number of rotatable bonds is 0. The predicted molar refractivity (Wildman–Crippen MR) is 98.8 cm³/mol. The van der Waals surface area contributed by atoms with Crippen molar-refractivity contribution in [2.75, 3.05) is 0 Å². The summed E-state index contributed by atoms with van der Waals surface area (Å²) in [5.74, 6) is -0.135. The van der Waals surface area contributed by atoms with Gasteiger partial charge in [0.1, 0.15) is 5.82 Å². The van der Waals surface area contributed by atoms with E-state index in [1.165, 1.54) is 5.56 Å². The highest BCUT2D eigenvalue weighted by molar-refractivity contribution is 6.08. The first-order valence-electron chi connectivity index (χ1n) is 8.24. The van der Waals surface area contributed by atoms with Gasteiger partial charge in [0.15, 0.2) is 0 Å². The van der Waals surface area contributed by atoms with Crippen LogP contribution >= 0.6 is 0 Å². The summed E-state index contributed by atoms with van der Waals surface area (Å²) in [6, 6.07) is 14.3. The van der Waals surface area contributed by atoms with E-state index in [0.29, 0.717) is 5.39 Å². The lowest BCUT2D eigenvalue weighted by atomic mass is 9.83. The minimum atomic E-state index is -0.135. The smallest absolute Gasteiger partial charge is 0.131 e. The van der Waals surface area contributed by atoms with Gasteiger partial charge in [-0.1, -0.05) is 71.9 Å². The SMILES string of the molecule is CC(C)(C)c1ccc2c(c1)cc(F)c1cc(C(C)(C)C)ccc12. The van der Waals surface area contributed by atoms with Crippen molar-refractivity contribution < 1.29 is 4.39 Å². The van der Waals surface area contributed by atoms with Gasteiger partial charge in [-0.2, -0.15) is 0 Å². The Morgan fingerprint density at radius 3 is 1.70 bits per heavy atom. The summed E-state index contributed by atoms with van der Waals surface area (Å²) < 4.78 is 14.7. The summed E-state index contributed by atoms with van der Waals surface area (Å²) >= 11 is 0. The minimum Gasteiger partial charge on any atom is -0.206 e. The maximum atomic E-state index is 14.7. The Morgan fingerprint density at radius 1 is 0.609 bits per heavy atom. The van der Waals surface area contributed by atoms with Gasteiger partial charge < -0.3 is 0 Å². The highest BCUT2D eigenvalue weighted by atomic mass is 19.1. The first-order valence-corrected chi connectivity index (χ1v) is 8.24. The van der Waals surface area contributed by atoms with Crippen molar-refractivity contribution >= 4 is 21.5 Å². The fourth-order valence-corrected chi connectivity index (χ4v) is 3.05. The Bertz CT molecular complexity index is 890. The molecule has 0 spiro atoms. The van der Waals surface area contributed by atoms with Crippen LogP contribution in [-0.2, 0) is 10.8 Å². The number of hydrogen-bond acceptors (Lipinski definition) is 0. The zero-order valence-electron chi connectivity index (χ0n) is 14.9. The molecule has 0 heterocycles. The molecule has 0 saturated carbocycles. The number of hydrogen-bond donors (Lipinski definition) is 0. The lowest BCUT2D eigenvalue weighted by molar-refractivity contribution is 0.589. The molecule has 0 radical (unpaired) electrons. The number of fused-ring (bicyclic) bond motifs is 3. The molecule has 0 fully saturated rings. The molecule has 0 aliphatic rings. The predicted octanol–water partition coefficient (Wildman–Crippen LogP) is 6.73. The monoisotopic (exact) mass is 308 g/mol. The summed E-state index contributed by atoms with van der Waals surface area (Å²) in [4.78, 5) is 0. The van der Waals surface area contributed by atoms with Crippen molar-refractivity contribution in [3.8, 4) is 0 Å². The molecule has 0 nitrogen and oxygen atoms in total. The van der Waals surface area contributed by atoms with E-state index in [0.717, 1.165) is 21.7 Å². The van der Waals surface area contributed by atoms with Gasteiger partial charge in [-0.25, -0.2) is 4.39 Å². The summed E-state index contributed by atoms with van der Waals surface area (Å²) in [5, 5.41) is 3.81. The molecule has 0 N–H and O–H groups in total. The van der Waals surface area contributed by atoms with E-state index in [1.807, 2.05) is 6.07 Å². The van der Waals surface area contributed by atoms with E-state index in [2.05, 4.69) is 71.9 Å². The molecule has 0 unspecified atom stereocenters. The molecule has 0 aliphatic heterocycles. The second-order valence-electron chi connectivity index (χ2n) is 8.55. The molecule has 0 aromatic heterocycles. The molecule has 3 aromatic carbocycles. The van der Waals surface area contributed by atoms with Crippen molar-refractivity contribution in [2.24, 2.45) is 0 Å². The largest absolute Gasteiger partial charge is 0.206 e. The number of halogens is 1. The lowest BCUT2D eigenvalue weighted by Gasteiger charge is -2.21. The molecule has 0 aliphatic carbocycles. The van der Waals surface area contributed by atoms with Crippen molar-refractivity contribution in [1.82, 2.24) is 0 Å². The maximum absolute atomic E-state index is 14.7. The van der Waals surface area contributed by atoms with Crippen LogP contribution in [0.4, 0.5) is 4.39 Å². The second kappa shape index (κ2) is 5.06. The third-order valence-electron chi connectivity index (χ3n) is 4.63. The molecule has 0 saturated heterocycles. The van der Waals surface area contributed by atoms with E-state index < -0.39 is 0 Å². The standard InChI is InChI=1S/C22H25F/c1-21(2,3)15-7-9-17-14(11-15)12-20(23)19-13-16(22(4,5)6)8-10-18(17)19/h7-13H,1-6H3. The average Bonchev–Trinajstić information content (AvgIpc) is 2.44. The fraction of sp³-hybridized carbons (Fsp3) is 0.364. The molecule has 23 heavy (non-hydrogen) atoms. The summed E-state index contributed by atoms with van der Waals surface area (Å²) in [6.45, 7) is 13.0. The average molecular weight is 308 g/mol. The van der Waals surface area contributed by atoms with E-state index in [4.69, 9.17) is 0 Å². The normalized spacial score (nSPS) is 13.0. The zero-order chi connectivity index (χ0) is 17.0. The van der Waals surface area contributed by atoms with Crippen molar-refractivity contribution in [2.45, 2.75) is 52.4 Å². The second-order valence-corrected chi connectivity index (χ2v) is 8.55. The van der Waals surface area contributed by atoms with Crippen LogP contribution in [0.1, 0.15) is 52.7 Å². The molecule has 3 rings (SSSR count). The van der Waals surface area contributed by atoms with Crippen LogP contribution in [0.25, 0.3) is 21.5 Å². The summed E-state index contributed by atoms with van der Waals surface area (Å²) in [6.07, 6.45) is 0. The van der Waals surface area contributed by atoms with Crippen LogP contribution in [0.3, 0.4) is 0 Å². The molecule has 0 atom stereocenters. The molecular weight excluding hydrogens is 283 g/mol. The Hall–Kier alpha value is -1.89. The van der Waals surface area contributed by atoms with Gasteiger partial charge in [-0.15, -0.1) is 0 Å². The zero-order valence-corrected chi connectivity index (χ0v) is 14.9. The highest BCUT2D eigenvalue weighted by Gasteiger charge is 2.17. The molecule has 0 bridgehead atoms. The molecular formula is C22H25F. The third-order valence-corrected chi connectivity index (χ3v) is 4.63. The van der Waals surface area contributed by atoms with Crippen molar-refractivity contribution in [3.05, 3.63) is 59.4 Å². The van der Waals surface area contributed by atoms with Gasteiger partial charge >= 0.3 is 0 Å². The van der Waals surface area contributed by atoms with Gasteiger partial charge in [-0.3, -0.25) is 0 Å². The van der Waals surface area contributed by atoms with Gasteiger partial charge in [0, 0.05) is 5.39 Å². The van der Waals surface area contributed by atoms with Gasteiger partial charge in [0.25, 0.3) is 0 Å². The molecule has 0 amide bonds. The summed E-state index contributed by atoms with van der Waals surface area (Å²) in [7, 11) is 0. The van der Waals surface area contributed by atoms with Crippen LogP contribution in [0.15, 0.2) is 42.5 Å². The molecule has 3 aromatic rings. The maximum Gasteiger partial charge on any atom is 0.131 e.